The molecule has 0 aliphatic heterocycles. The second kappa shape index (κ2) is 7.81. The summed E-state index contributed by atoms with van der Waals surface area (Å²) in [5.74, 6) is 0.501. The number of aromatic hydroxyl groups is 1. The van der Waals surface area contributed by atoms with Crippen LogP contribution >= 0.6 is 11.6 Å². The van der Waals surface area contributed by atoms with Crippen molar-refractivity contribution in [2.75, 3.05) is 0 Å². The average Bonchev–Trinajstić information content (AvgIpc) is 3.18. The molecule has 3 aromatic carbocycles. The van der Waals surface area contributed by atoms with E-state index in [-0.39, 0.29) is 11.3 Å². The van der Waals surface area contributed by atoms with Gasteiger partial charge in [-0.15, -0.1) is 0 Å². The van der Waals surface area contributed by atoms with Crippen molar-refractivity contribution in [3.05, 3.63) is 88.6 Å². The number of phenolic OH excluding ortho intramolecular Hbond substituents is 1. The van der Waals surface area contributed by atoms with Gasteiger partial charge in [-0.1, -0.05) is 48.0 Å². The molecule has 2 N–H and O–H groups in total. The van der Waals surface area contributed by atoms with E-state index in [9.17, 15) is 9.90 Å². The van der Waals surface area contributed by atoms with E-state index in [2.05, 4.69) is 10.5 Å². The molecule has 0 aliphatic rings. The van der Waals surface area contributed by atoms with Crippen LogP contribution in [0.2, 0.25) is 5.02 Å². The molecule has 144 valence electrons. The number of halogens is 1. The van der Waals surface area contributed by atoms with Crippen molar-refractivity contribution in [3.63, 3.8) is 0 Å². The maximum Gasteiger partial charge on any atom is 0.275 e. The number of furan rings is 1. The van der Waals surface area contributed by atoms with Crippen LogP contribution in [0.5, 0.6) is 5.75 Å². The Morgan fingerprint density at radius 1 is 1.07 bits per heavy atom. The van der Waals surface area contributed by atoms with Gasteiger partial charge in [-0.25, -0.2) is 5.43 Å². The first kappa shape index (κ1) is 18.8. The molecule has 5 nitrogen and oxygen atoms in total. The monoisotopic (exact) mass is 404 g/mol. The van der Waals surface area contributed by atoms with E-state index < -0.39 is 5.91 Å². The Bertz CT molecular complexity index is 1240. The third kappa shape index (κ3) is 4.00. The fourth-order valence-corrected chi connectivity index (χ4v) is 3.13. The molecule has 0 unspecified atom stereocenters. The minimum Gasteiger partial charge on any atom is -0.507 e. The van der Waals surface area contributed by atoms with Crippen LogP contribution in [0, 0.1) is 6.92 Å². The van der Waals surface area contributed by atoms with Gasteiger partial charge >= 0.3 is 0 Å². The third-order valence-corrected chi connectivity index (χ3v) is 4.96. The molecule has 4 rings (SSSR count). The number of carbonyl (C=O) groups is 1. The van der Waals surface area contributed by atoms with Crippen LogP contribution in [-0.4, -0.2) is 17.2 Å². The highest BCUT2D eigenvalue weighted by Crippen LogP contribution is 2.27. The Hall–Kier alpha value is -3.57. The molecule has 0 aliphatic carbocycles. The Kier molecular flexibility index (Phi) is 5.06. The zero-order chi connectivity index (χ0) is 20.4. The SMILES string of the molecule is Cc1ccc(-c2ccc(C=NNC(=O)c3cc4ccccc4cc3O)o2)cc1Cl. The van der Waals surface area contributed by atoms with Gasteiger partial charge in [-0.3, -0.25) is 4.79 Å². The number of nitrogens with one attached hydrogen (secondary N) is 1. The molecule has 0 radical (unpaired) electrons. The Labute approximate surface area is 172 Å². The van der Waals surface area contributed by atoms with Crippen LogP contribution in [0.3, 0.4) is 0 Å². The molecule has 1 heterocycles. The number of phenols is 1. The van der Waals surface area contributed by atoms with Gasteiger partial charge < -0.3 is 9.52 Å². The van der Waals surface area contributed by atoms with Crippen LogP contribution in [0.1, 0.15) is 21.7 Å². The maximum atomic E-state index is 12.4. The largest absolute Gasteiger partial charge is 0.507 e. The highest BCUT2D eigenvalue weighted by molar-refractivity contribution is 6.31. The van der Waals surface area contributed by atoms with Gasteiger partial charge in [0.15, 0.2) is 0 Å². The van der Waals surface area contributed by atoms with E-state index >= 15 is 0 Å². The lowest BCUT2D eigenvalue weighted by molar-refractivity contribution is 0.0952. The summed E-state index contributed by atoms with van der Waals surface area (Å²) in [5, 5.41) is 16.4. The predicted octanol–water partition coefficient (Wildman–Crippen LogP) is 5.53. The number of carbonyl (C=O) groups excluding carboxylic acids is 1. The Balaban J connectivity index is 1.48. The van der Waals surface area contributed by atoms with Crippen LogP contribution in [0.15, 0.2) is 76.2 Å². The molecular weight excluding hydrogens is 388 g/mol. The topological polar surface area (TPSA) is 74.8 Å². The number of benzene rings is 3. The molecule has 6 heteroatoms. The summed E-state index contributed by atoms with van der Waals surface area (Å²) in [5.41, 5.74) is 4.40. The van der Waals surface area contributed by atoms with Crippen molar-refractivity contribution < 1.29 is 14.3 Å². The Morgan fingerprint density at radius 2 is 1.83 bits per heavy atom. The highest BCUT2D eigenvalue weighted by atomic mass is 35.5. The molecule has 1 aromatic heterocycles. The number of hydrazone groups is 1. The molecule has 0 saturated heterocycles. The quantitative estimate of drug-likeness (QED) is 0.347. The first-order chi connectivity index (χ1) is 14.0. The fraction of sp³-hybridized carbons (Fsp3) is 0.0435. The summed E-state index contributed by atoms with van der Waals surface area (Å²) in [6.45, 7) is 1.93. The summed E-state index contributed by atoms with van der Waals surface area (Å²) in [7, 11) is 0. The lowest BCUT2D eigenvalue weighted by Gasteiger charge is -2.05. The van der Waals surface area contributed by atoms with Gasteiger partial charge in [0.2, 0.25) is 0 Å². The van der Waals surface area contributed by atoms with Gasteiger partial charge in [0, 0.05) is 10.6 Å². The Morgan fingerprint density at radius 3 is 2.59 bits per heavy atom. The van der Waals surface area contributed by atoms with Gasteiger partial charge in [-0.05, 0) is 53.6 Å². The molecule has 0 saturated carbocycles. The molecular formula is C23H17ClN2O3. The number of hydrogen-bond donors (Lipinski definition) is 2. The summed E-state index contributed by atoms with van der Waals surface area (Å²) < 4.78 is 5.72. The fourth-order valence-electron chi connectivity index (χ4n) is 2.95. The van der Waals surface area contributed by atoms with E-state index in [1.165, 1.54) is 6.21 Å². The molecule has 0 atom stereocenters. The normalized spacial score (nSPS) is 11.2. The van der Waals surface area contributed by atoms with Gasteiger partial charge in [0.05, 0.1) is 11.8 Å². The van der Waals surface area contributed by atoms with Crippen LogP contribution < -0.4 is 5.43 Å². The molecule has 0 fully saturated rings. The maximum absolute atomic E-state index is 12.4. The number of nitrogens with zero attached hydrogens (tertiary/aromatic N) is 1. The van der Waals surface area contributed by atoms with Crippen molar-refractivity contribution in [3.8, 4) is 17.1 Å². The smallest absolute Gasteiger partial charge is 0.275 e. The minimum absolute atomic E-state index is 0.104. The van der Waals surface area contributed by atoms with Gasteiger partial charge in [-0.2, -0.15) is 5.10 Å². The minimum atomic E-state index is -0.512. The summed E-state index contributed by atoms with van der Waals surface area (Å²) in [4.78, 5) is 12.4. The van der Waals surface area contributed by atoms with Crippen molar-refractivity contribution >= 4 is 34.5 Å². The van der Waals surface area contributed by atoms with E-state index in [0.717, 1.165) is 21.9 Å². The summed E-state index contributed by atoms with van der Waals surface area (Å²) in [6, 6.07) is 19.9. The standard InChI is InChI=1S/C23H17ClN2O3/c1-14-6-7-17(11-20(14)24)22-9-8-18(29-22)13-25-26-23(28)19-10-15-4-2-3-5-16(15)12-21(19)27/h2-13,27H,1H3,(H,26,28). The van der Waals surface area contributed by atoms with E-state index in [1.807, 2.05) is 49.4 Å². The van der Waals surface area contributed by atoms with Crippen molar-refractivity contribution in [2.45, 2.75) is 6.92 Å². The van der Waals surface area contributed by atoms with E-state index in [0.29, 0.717) is 16.5 Å². The number of amides is 1. The van der Waals surface area contributed by atoms with Gasteiger partial charge in [0.1, 0.15) is 17.3 Å². The lowest BCUT2D eigenvalue weighted by Crippen LogP contribution is -2.17. The van der Waals surface area contributed by atoms with E-state index in [1.54, 1.807) is 24.3 Å². The zero-order valence-corrected chi connectivity index (χ0v) is 16.3. The van der Waals surface area contributed by atoms with E-state index in [4.69, 9.17) is 16.0 Å². The first-order valence-electron chi connectivity index (χ1n) is 8.93. The number of fused-ring (bicyclic) bond motifs is 1. The zero-order valence-electron chi connectivity index (χ0n) is 15.5. The van der Waals surface area contributed by atoms with Crippen LogP contribution in [-0.2, 0) is 0 Å². The predicted molar refractivity (Wildman–Crippen MR) is 115 cm³/mol. The van der Waals surface area contributed by atoms with Crippen LogP contribution in [0.4, 0.5) is 0 Å². The number of rotatable bonds is 4. The highest BCUT2D eigenvalue weighted by Gasteiger charge is 2.12. The van der Waals surface area contributed by atoms with Crippen molar-refractivity contribution in [1.82, 2.24) is 5.43 Å². The third-order valence-electron chi connectivity index (χ3n) is 4.55. The number of aryl methyl sites for hydroxylation is 1. The summed E-state index contributed by atoms with van der Waals surface area (Å²) >= 11 is 6.16. The van der Waals surface area contributed by atoms with Crippen molar-refractivity contribution in [2.24, 2.45) is 5.10 Å². The lowest BCUT2D eigenvalue weighted by atomic mass is 10.1. The molecule has 29 heavy (non-hydrogen) atoms. The number of hydrogen-bond acceptors (Lipinski definition) is 4. The van der Waals surface area contributed by atoms with Crippen LogP contribution in [0.25, 0.3) is 22.1 Å². The molecule has 0 bridgehead atoms. The molecule has 1 amide bonds. The first-order valence-corrected chi connectivity index (χ1v) is 9.30. The molecule has 0 spiro atoms. The van der Waals surface area contributed by atoms with Gasteiger partial charge in [0.25, 0.3) is 5.91 Å². The second-order valence-corrected chi connectivity index (χ2v) is 6.99. The summed E-state index contributed by atoms with van der Waals surface area (Å²) in [6.07, 6.45) is 1.40. The molecule has 4 aromatic rings. The average molecular weight is 405 g/mol. The second-order valence-electron chi connectivity index (χ2n) is 6.58. The van der Waals surface area contributed by atoms with Crippen molar-refractivity contribution in [1.29, 1.82) is 0 Å².